The van der Waals surface area contributed by atoms with Gasteiger partial charge in [0, 0.05) is 0 Å². The first kappa shape index (κ1) is 9.83. The maximum Gasteiger partial charge on any atom is 0.518 e. The van der Waals surface area contributed by atoms with Crippen LogP contribution in [0.1, 0.15) is 25.7 Å². The predicted molar refractivity (Wildman–Crippen MR) is 53.0 cm³/mol. The lowest BCUT2D eigenvalue weighted by Gasteiger charge is -2.23. The maximum absolute atomic E-state index is 10.8. The second-order valence-corrected chi connectivity index (χ2v) is 3.35. The molecule has 1 fully saturated rings. The molecule has 12 heavy (non-hydrogen) atoms. The fraction of sp³-hybridized carbons (Fsp3) is 0.625. The summed E-state index contributed by atoms with van der Waals surface area (Å²) < 4.78 is 9.51. The van der Waals surface area contributed by atoms with E-state index in [4.69, 9.17) is 4.74 Å². The molecule has 0 amide bonds. The summed E-state index contributed by atoms with van der Waals surface area (Å²) in [5, 5.41) is 0. The minimum atomic E-state index is -0.627. The molecule has 0 aromatic heterocycles. The molecule has 0 atom stereocenters. The molecule has 3 nitrogen and oxygen atoms in total. The molecule has 0 heterocycles. The zero-order chi connectivity index (χ0) is 9.03. The zero-order valence-corrected chi connectivity index (χ0v) is 8.87. The van der Waals surface area contributed by atoms with Crippen molar-refractivity contribution < 1.29 is 12.6 Å². The summed E-state index contributed by atoms with van der Waals surface area (Å²) in [4.78, 5) is 10.8. The second kappa shape index (κ2) is 4.11. The summed E-state index contributed by atoms with van der Waals surface area (Å²) in [6, 6.07) is 0. The van der Waals surface area contributed by atoms with Crippen molar-refractivity contribution in [2.24, 2.45) is 0 Å². The van der Waals surface area contributed by atoms with Gasteiger partial charge in [-0.25, -0.2) is 4.79 Å². The van der Waals surface area contributed by atoms with Crippen LogP contribution in [-0.2, 0) is 7.80 Å². The Bertz CT molecular complexity index is 185. The van der Waals surface area contributed by atoms with Crippen molar-refractivity contribution >= 4 is 29.2 Å². The van der Waals surface area contributed by atoms with E-state index in [9.17, 15) is 4.79 Å². The summed E-state index contributed by atoms with van der Waals surface area (Å²) in [5.41, 5.74) is -0.456. The number of carbonyl (C=O) groups excluding carboxylic acids is 1. The third-order valence-corrected chi connectivity index (χ3v) is 2.53. The van der Waals surface area contributed by atoms with Crippen molar-refractivity contribution in [2.75, 3.05) is 0 Å². The smallest absolute Gasteiger partial charge is 0.423 e. The van der Waals surface area contributed by atoms with Crippen LogP contribution < -0.4 is 0 Å². The molecule has 0 saturated heterocycles. The Balaban J connectivity index is 2.55. The quantitative estimate of drug-likeness (QED) is 0.443. The molecule has 0 spiro atoms. The van der Waals surface area contributed by atoms with Gasteiger partial charge in [-0.1, -0.05) is 6.58 Å². The van der Waals surface area contributed by atoms with Crippen LogP contribution in [0.5, 0.6) is 0 Å². The molecule has 0 radical (unpaired) electrons. The largest absolute Gasteiger partial charge is 0.518 e. The van der Waals surface area contributed by atoms with E-state index in [0.29, 0.717) is 0 Å². The first-order chi connectivity index (χ1) is 5.72. The van der Waals surface area contributed by atoms with Crippen molar-refractivity contribution in [1.82, 2.24) is 0 Å². The Morgan fingerprint density at radius 2 is 2.08 bits per heavy atom. The third kappa shape index (κ3) is 2.12. The molecule has 1 aliphatic carbocycles. The van der Waals surface area contributed by atoms with Gasteiger partial charge in [0.2, 0.25) is 0 Å². The van der Waals surface area contributed by atoms with Crippen molar-refractivity contribution in [2.45, 2.75) is 31.3 Å². The van der Waals surface area contributed by atoms with Crippen molar-refractivity contribution in [3.63, 3.8) is 0 Å². The van der Waals surface area contributed by atoms with Gasteiger partial charge in [0.1, 0.15) is 5.60 Å². The molecule has 0 aromatic carbocycles. The standard InChI is InChI=1S/C8H11IO3/c1-2-8(5-3-4-6-8)11-7(10)12-9/h2H,1,3-6H2. The molecule has 1 saturated carbocycles. The average molecular weight is 282 g/mol. The minimum absolute atomic E-state index is 0.456. The molecule has 0 aliphatic heterocycles. The monoisotopic (exact) mass is 282 g/mol. The molecule has 1 rings (SSSR count). The van der Waals surface area contributed by atoms with E-state index >= 15 is 0 Å². The summed E-state index contributed by atoms with van der Waals surface area (Å²) in [7, 11) is 0. The molecule has 0 bridgehead atoms. The van der Waals surface area contributed by atoms with Gasteiger partial charge in [-0.2, -0.15) is 0 Å². The van der Waals surface area contributed by atoms with Crippen LogP contribution in [-0.4, -0.2) is 11.8 Å². The molecular formula is C8H11IO3. The molecule has 0 unspecified atom stereocenters. The highest BCUT2D eigenvalue weighted by atomic mass is 127. The van der Waals surface area contributed by atoms with Gasteiger partial charge in [0.25, 0.3) is 0 Å². The normalized spacial score (nSPS) is 20.1. The highest BCUT2D eigenvalue weighted by Gasteiger charge is 2.35. The van der Waals surface area contributed by atoms with Gasteiger partial charge >= 0.3 is 6.16 Å². The molecule has 1 aliphatic rings. The first-order valence-electron chi connectivity index (χ1n) is 3.87. The number of rotatable bonds is 2. The van der Waals surface area contributed by atoms with E-state index in [1.807, 2.05) is 0 Å². The number of carbonyl (C=O) groups is 1. The van der Waals surface area contributed by atoms with E-state index in [1.54, 1.807) is 6.08 Å². The molecular weight excluding hydrogens is 271 g/mol. The lowest BCUT2D eigenvalue weighted by Crippen LogP contribution is -2.28. The van der Waals surface area contributed by atoms with Crippen LogP contribution in [0.25, 0.3) is 0 Å². The summed E-state index contributed by atoms with van der Waals surface area (Å²) in [5.74, 6) is 0. The van der Waals surface area contributed by atoms with E-state index in [0.717, 1.165) is 25.7 Å². The second-order valence-electron chi connectivity index (χ2n) is 2.91. The van der Waals surface area contributed by atoms with Crippen molar-refractivity contribution in [3.05, 3.63) is 12.7 Å². The Morgan fingerprint density at radius 3 is 2.50 bits per heavy atom. The Hall–Kier alpha value is -0.260. The number of hydrogen-bond acceptors (Lipinski definition) is 3. The molecule has 0 aromatic rings. The molecule has 4 heteroatoms. The molecule has 68 valence electrons. The average Bonchev–Trinajstić information content (AvgIpc) is 2.54. The third-order valence-electron chi connectivity index (χ3n) is 2.17. The maximum atomic E-state index is 10.8. The van der Waals surface area contributed by atoms with Crippen molar-refractivity contribution in [3.8, 4) is 0 Å². The fourth-order valence-corrected chi connectivity index (χ4v) is 1.59. The fourth-order valence-electron chi connectivity index (χ4n) is 1.50. The zero-order valence-electron chi connectivity index (χ0n) is 6.72. The number of halogens is 1. The lowest BCUT2D eigenvalue weighted by atomic mass is 10.0. The van der Waals surface area contributed by atoms with E-state index < -0.39 is 11.8 Å². The van der Waals surface area contributed by atoms with Gasteiger partial charge in [-0.15, -0.1) is 0 Å². The lowest BCUT2D eigenvalue weighted by molar-refractivity contribution is 0.0289. The van der Waals surface area contributed by atoms with Crippen LogP contribution >= 0.6 is 23.0 Å². The first-order valence-corrected chi connectivity index (χ1v) is 4.76. The predicted octanol–water partition coefficient (Wildman–Crippen LogP) is 2.99. The Kier molecular flexibility index (Phi) is 3.37. The summed E-state index contributed by atoms with van der Waals surface area (Å²) in [6.45, 7) is 3.67. The van der Waals surface area contributed by atoms with Crippen LogP contribution in [0.15, 0.2) is 12.7 Å². The number of hydrogen-bond donors (Lipinski definition) is 0. The van der Waals surface area contributed by atoms with Gasteiger partial charge in [-0.3, -0.25) is 0 Å². The number of ether oxygens (including phenoxy) is 1. The van der Waals surface area contributed by atoms with Gasteiger partial charge in [-0.05, 0) is 31.8 Å². The van der Waals surface area contributed by atoms with E-state index in [1.165, 1.54) is 23.0 Å². The highest BCUT2D eigenvalue weighted by molar-refractivity contribution is 14.1. The minimum Gasteiger partial charge on any atom is -0.423 e. The highest BCUT2D eigenvalue weighted by Crippen LogP contribution is 2.34. The van der Waals surface area contributed by atoms with Crippen LogP contribution in [0, 0.1) is 0 Å². The van der Waals surface area contributed by atoms with E-state index in [-0.39, 0.29) is 0 Å². The summed E-state index contributed by atoms with van der Waals surface area (Å²) in [6.07, 6.45) is 4.97. The summed E-state index contributed by atoms with van der Waals surface area (Å²) >= 11 is 1.51. The van der Waals surface area contributed by atoms with Crippen LogP contribution in [0.2, 0.25) is 0 Å². The Morgan fingerprint density at radius 1 is 1.50 bits per heavy atom. The Labute approximate surface area is 85.8 Å². The van der Waals surface area contributed by atoms with Crippen LogP contribution in [0.4, 0.5) is 4.79 Å². The topological polar surface area (TPSA) is 35.5 Å². The van der Waals surface area contributed by atoms with Gasteiger partial charge < -0.3 is 7.80 Å². The van der Waals surface area contributed by atoms with Crippen molar-refractivity contribution in [1.29, 1.82) is 0 Å². The van der Waals surface area contributed by atoms with E-state index in [2.05, 4.69) is 9.65 Å². The van der Waals surface area contributed by atoms with Gasteiger partial charge in [0.05, 0.1) is 0 Å². The molecule has 0 N–H and O–H groups in total. The van der Waals surface area contributed by atoms with Gasteiger partial charge in [0.15, 0.2) is 23.0 Å². The SMILES string of the molecule is C=CC1(OC(=O)OI)CCCC1. The van der Waals surface area contributed by atoms with Crippen LogP contribution in [0.3, 0.4) is 0 Å².